The summed E-state index contributed by atoms with van der Waals surface area (Å²) < 4.78 is 14.8. The zero-order valence-electron chi connectivity index (χ0n) is 9.69. The molecule has 1 aromatic heterocycles. The number of aromatic nitrogens is 3. The quantitative estimate of drug-likeness (QED) is 0.786. The minimum absolute atomic E-state index is 0.224. The Hall–Kier alpha value is -1.42. The summed E-state index contributed by atoms with van der Waals surface area (Å²) in [6, 6.07) is 6.27. The number of halogens is 2. The maximum Gasteiger partial charge on any atom is 0.125 e. The molecule has 0 aliphatic heterocycles. The fraction of sp³-hybridized carbons (Fsp3) is 0.333. The molecule has 0 bridgehead atoms. The molecule has 3 nitrogen and oxygen atoms in total. The molecule has 0 radical (unpaired) electrons. The van der Waals surface area contributed by atoms with Crippen molar-refractivity contribution >= 4 is 11.6 Å². The van der Waals surface area contributed by atoms with Gasteiger partial charge in [-0.05, 0) is 24.1 Å². The van der Waals surface area contributed by atoms with E-state index in [0.29, 0.717) is 11.6 Å². The van der Waals surface area contributed by atoms with Crippen LogP contribution in [0.5, 0.6) is 0 Å². The van der Waals surface area contributed by atoms with Crippen molar-refractivity contribution < 1.29 is 4.39 Å². The molecule has 0 spiro atoms. The van der Waals surface area contributed by atoms with Gasteiger partial charge in [0.05, 0.1) is 17.3 Å². The van der Waals surface area contributed by atoms with Crippen LogP contribution in [0.2, 0.25) is 0 Å². The first-order valence-electron chi connectivity index (χ1n) is 5.40. The van der Waals surface area contributed by atoms with E-state index in [2.05, 4.69) is 10.3 Å². The van der Waals surface area contributed by atoms with Crippen LogP contribution in [0.25, 0.3) is 5.69 Å². The van der Waals surface area contributed by atoms with E-state index >= 15 is 0 Å². The molecule has 5 heteroatoms. The Morgan fingerprint density at radius 2 is 2.18 bits per heavy atom. The number of benzene rings is 1. The lowest BCUT2D eigenvalue weighted by Crippen LogP contribution is -2.05. The van der Waals surface area contributed by atoms with Gasteiger partial charge in [-0.15, -0.1) is 16.7 Å². The van der Waals surface area contributed by atoms with Gasteiger partial charge in [0.25, 0.3) is 0 Å². The summed E-state index contributed by atoms with van der Waals surface area (Å²) in [7, 11) is 0. The summed E-state index contributed by atoms with van der Waals surface area (Å²) in [6.45, 7) is 4.06. The van der Waals surface area contributed by atoms with Gasteiger partial charge in [-0.3, -0.25) is 0 Å². The largest absolute Gasteiger partial charge is 0.217 e. The van der Waals surface area contributed by atoms with E-state index in [1.54, 1.807) is 16.8 Å². The molecule has 0 atom stereocenters. The fourth-order valence-electron chi connectivity index (χ4n) is 1.79. The highest BCUT2D eigenvalue weighted by molar-refractivity contribution is 6.16. The number of nitrogens with zero attached hydrogens (tertiary/aromatic N) is 3. The van der Waals surface area contributed by atoms with E-state index in [4.69, 9.17) is 11.6 Å². The lowest BCUT2D eigenvalue weighted by molar-refractivity contribution is 0.622. The molecule has 0 unspecified atom stereocenters. The molecule has 0 amide bonds. The molecule has 0 aliphatic carbocycles. The summed E-state index contributed by atoms with van der Waals surface area (Å²) in [5.74, 6) is 0.241. The zero-order chi connectivity index (χ0) is 12.4. The smallest absolute Gasteiger partial charge is 0.125 e. The highest BCUT2D eigenvalue weighted by Crippen LogP contribution is 2.22. The van der Waals surface area contributed by atoms with Gasteiger partial charge in [0.15, 0.2) is 0 Å². The minimum atomic E-state index is -0.292. The molecular weight excluding hydrogens is 241 g/mol. The minimum Gasteiger partial charge on any atom is -0.217 e. The van der Waals surface area contributed by atoms with Crippen LogP contribution in [-0.4, -0.2) is 15.0 Å². The van der Waals surface area contributed by atoms with Gasteiger partial charge < -0.3 is 0 Å². The lowest BCUT2D eigenvalue weighted by atomic mass is 10.1. The SMILES string of the molecule is CC(C)c1c(CCl)nnn1-c1cccc(F)c1. The number of hydrogen-bond donors (Lipinski definition) is 0. The van der Waals surface area contributed by atoms with Gasteiger partial charge in [0, 0.05) is 0 Å². The first-order chi connectivity index (χ1) is 8.13. The second-order valence-electron chi connectivity index (χ2n) is 4.10. The van der Waals surface area contributed by atoms with Crippen molar-refractivity contribution in [3.8, 4) is 5.69 Å². The predicted molar refractivity (Wildman–Crippen MR) is 65.0 cm³/mol. The normalized spacial score (nSPS) is 11.1. The first kappa shape index (κ1) is 12.0. The summed E-state index contributed by atoms with van der Waals surface area (Å²) >= 11 is 5.82. The van der Waals surface area contributed by atoms with Crippen LogP contribution in [0, 0.1) is 5.82 Å². The van der Waals surface area contributed by atoms with Crippen LogP contribution in [0.1, 0.15) is 31.2 Å². The second kappa shape index (κ2) is 4.84. The summed E-state index contributed by atoms with van der Waals surface area (Å²) in [6.07, 6.45) is 0. The van der Waals surface area contributed by atoms with Gasteiger partial charge in [0.1, 0.15) is 11.5 Å². The van der Waals surface area contributed by atoms with E-state index in [9.17, 15) is 4.39 Å². The molecule has 0 saturated heterocycles. The Morgan fingerprint density at radius 1 is 1.41 bits per heavy atom. The van der Waals surface area contributed by atoms with Gasteiger partial charge in [-0.25, -0.2) is 9.07 Å². The molecule has 0 fully saturated rings. The molecule has 17 heavy (non-hydrogen) atoms. The van der Waals surface area contributed by atoms with Crippen molar-refractivity contribution in [2.75, 3.05) is 0 Å². The Kier molecular flexibility index (Phi) is 3.43. The van der Waals surface area contributed by atoms with Crippen LogP contribution < -0.4 is 0 Å². The molecular formula is C12H13ClFN3. The molecule has 1 aromatic carbocycles. The van der Waals surface area contributed by atoms with Crippen LogP contribution in [0.4, 0.5) is 4.39 Å². The van der Waals surface area contributed by atoms with Crippen molar-refractivity contribution in [2.45, 2.75) is 25.6 Å². The van der Waals surface area contributed by atoms with Crippen LogP contribution in [-0.2, 0) is 5.88 Å². The molecule has 1 heterocycles. The third-order valence-corrected chi connectivity index (χ3v) is 2.76. The lowest BCUT2D eigenvalue weighted by Gasteiger charge is -2.10. The van der Waals surface area contributed by atoms with Crippen molar-refractivity contribution in [3.63, 3.8) is 0 Å². The third-order valence-electron chi connectivity index (χ3n) is 2.50. The van der Waals surface area contributed by atoms with Crippen molar-refractivity contribution in [1.29, 1.82) is 0 Å². The molecule has 90 valence electrons. The summed E-state index contributed by atoms with van der Waals surface area (Å²) in [5.41, 5.74) is 2.33. The third kappa shape index (κ3) is 2.31. The van der Waals surface area contributed by atoms with E-state index in [1.807, 2.05) is 13.8 Å². The number of alkyl halides is 1. The van der Waals surface area contributed by atoms with E-state index in [1.165, 1.54) is 12.1 Å². The van der Waals surface area contributed by atoms with E-state index in [0.717, 1.165) is 11.4 Å². The van der Waals surface area contributed by atoms with Crippen molar-refractivity contribution in [3.05, 3.63) is 41.5 Å². The molecule has 0 N–H and O–H groups in total. The molecule has 2 rings (SSSR count). The molecule has 0 aliphatic rings. The summed E-state index contributed by atoms with van der Waals surface area (Å²) in [4.78, 5) is 0. The number of hydrogen-bond acceptors (Lipinski definition) is 2. The Bertz CT molecular complexity index is 522. The van der Waals surface area contributed by atoms with Crippen molar-refractivity contribution in [1.82, 2.24) is 15.0 Å². The van der Waals surface area contributed by atoms with E-state index < -0.39 is 0 Å². The maximum atomic E-state index is 13.2. The highest BCUT2D eigenvalue weighted by Gasteiger charge is 2.16. The van der Waals surface area contributed by atoms with Crippen molar-refractivity contribution in [2.24, 2.45) is 0 Å². The fourth-order valence-corrected chi connectivity index (χ4v) is 1.98. The Labute approximate surface area is 104 Å². The maximum absolute atomic E-state index is 13.2. The molecule has 2 aromatic rings. The zero-order valence-corrected chi connectivity index (χ0v) is 10.4. The first-order valence-corrected chi connectivity index (χ1v) is 5.93. The highest BCUT2D eigenvalue weighted by atomic mass is 35.5. The Balaban J connectivity index is 2.56. The Morgan fingerprint density at radius 3 is 2.76 bits per heavy atom. The molecule has 0 saturated carbocycles. The predicted octanol–water partition coefficient (Wildman–Crippen LogP) is 3.27. The van der Waals surface area contributed by atoms with Crippen LogP contribution in [0.3, 0.4) is 0 Å². The number of rotatable bonds is 3. The second-order valence-corrected chi connectivity index (χ2v) is 4.37. The average molecular weight is 254 g/mol. The standard InChI is InChI=1S/C12H13ClFN3/c1-8(2)12-11(7-13)15-16-17(12)10-5-3-4-9(14)6-10/h3-6,8H,7H2,1-2H3. The van der Waals surface area contributed by atoms with Crippen LogP contribution in [0.15, 0.2) is 24.3 Å². The van der Waals surface area contributed by atoms with Gasteiger partial charge in [0.2, 0.25) is 0 Å². The topological polar surface area (TPSA) is 30.7 Å². The van der Waals surface area contributed by atoms with Gasteiger partial charge in [-0.2, -0.15) is 0 Å². The monoisotopic (exact) mass is 253 g/mol. The van der Waals surface area contributed by atoms with Crippen LogP contribution >= 0.6 is 11.6 Å². The van der Waals surface area contributed by atoms with Gasteiger partial charge in [-0.1, -0.05) is 25.1 Å². The average Bonchev–Trinajstić information content (AvgIpc) is 2.72. The summed E-state index contributed by atoms with van der Waals surface area (Å²) in [5, 5.41) is 8.06. The van der Waals surface area contributed by atoms with Gasteiger partial charge >= 0.3 is 0 Å². The van der Waals surface area contributed by atoms with E-state index in [-0.39, 0.29) is 11.7 Å².